The number of imidazole rings is 1. The SMILES string of the molecule is CC[C@H](C)[C@H](NC(=O)[C@@H]1CCCN1)C(=O)N[C@@H](CC(C)C)C(=O)N[C@@H](CCCCN)C(=O)N[C@@H](Cc1cnc[nH]1)C(=O)O. The number of aliphatic carboxylic acids is 1. The molecule has 0 saturated carbocycles. The van der Waals surface area contributed by atoms with E-state index in [4.69, 9.17) is 5.73 Å². The zero-order valence-electron chi connectivity index (χ0n) is 25.8. The van der Waals surface area contributed by atoms with Crippen molar-refractivity contribution in [3.63, 3.8) is 0 Å². The Bertz CT molecular complexity index is 1040. The summed E-state index contributed by atoms with van der Waals surface area (Å²) < 4.78 is 0. The minimum atomic E-state index is -1.25. The first kappa shape index (κ1) is 35.7. The van der Waals surface area contributed by atoms with E-state index in [9.17, 15) is 29.1 Å². The maximum Gasteiger partial charge on any atom is 0.326 e. The smallest absolute Gasteiger partial charge is 0.326 e. The highest BCUT2D eigenvalue weighted by atomic mass is 16.4. The molecule has 0 bridgehead atoms. The van der Waals surface area contributed by atoms with Crippen LogP contribution in [0.3, 0.4) is 0 Å². The van der Waals surface area contributed by atoms with Crippen LogP contribution in [0, 0.1) is 11.8 Å². The minimum absolute atomic E-state index is 0.0182. The highest BCUT2D eigenvalue weighted by molar-refractivity contribution is 5.95. The van der Waals surface area contributed by atoms with E-state index >= 15 is 0 Å². The van der Waals surface area contributed by atoms with Crippen LogP contribution in [0.2, 0.25) is 0 Å². The van der Waals surface area contributed by atoms with Gasteiger partial charge in [0, 0.05) is 18.3 Å². The summed E-state index contributed by atoms with van der Waals surface area (Å²) in [6.07, 6.45) is 6.72. The fraction of sp³-hybridized carbons (Fsp3) is 0.724. The molecular weight excluding hydrogens is 556 g/mol. The van der Waals surface area contributed by atoms with Crippen LogP contribution in [-0.2, 0) is 30.4 Å². The third-order valence-corrected chi connectivity index (χ3v) is 7.68. The van der Waals surface area contributed by atoms with E-state index in [1.54, 1.807) is 0 Å². The normalized spacial score (nSPS) is 18.2. The highest BCUT2D eigenvalue weighted by Gasteiger charge is 2.34. The average Bonchev–Trinajstić information content (AvgIpc) is 3.68. The molecule has 1 aliphatic rings. The maximum atomic E-state index is 13.6. The number of carbonyl (C=O) groups is 5. The summed E-state index contributed by atoms with van der Waals surface area (Å²) >= 11 is 0. The quantitative estimate of drug-likeness (QED) is 0.0988. The number of hydrogen-bond acceptors (Lipinski definition) is 8. The van der Waals surface area contributed by atoms with Gasteiger partial charge in [-0.2, -0.15) is 0 Å². The number of nitrogens with one attached hydrogen (secondary N) is 6. The van der Waals surface area contributed by atoms with Gasteiger partial charge < -0.3 is 42.4 Å². The standard InChI is InChI=1S/C29H50N8O6/c1-5-18(4)24(37-25(38)20-10-8-12-32-20)28(41)35-22(13-17(2)3)27(40)34-21(9-6-7-11-30)26(39)36-23(29(42)43)14-19-15-31-16-33-19/h15-18,20-24,32H,5-14,30H2,1-4H3,(H,31,33)(H,34,40)(H,35,41)(H,36,39)(H,37,38)(H,42,43)/t18-,20-,21-,22-,23-,24-/m0/s1. The molecule has 0 spiro atoms. The molecule has 9 N–H and O–H groups in total. The molecule has 0 radical (unpaired) electrons. The van der Waals surface area contributed by atoms with Gasteiger partial charge in [0.2, 0.25) is 23.6 Å². The van der Waals surface area contributed by atoms with E-state index in [2.05, 4.69) is 36.6 Å². The summed E-state index contributed by atoms with van der Waals surface area (Å²) in [6, 6.07) is -4.48. The van der Waals surface area contributed by atoms with Crippen molar-refractivity contribution in [3.05, 3.63) is 18.2 Å². The molecule has 0 unspecified atom stereocenters. The Hall–Kier alpha value is -3.52. The first-order valence-electron chi connectivity index (χ1n) is 15.3. The summed E-state index contributed by atoms with van der Waals surface area (Å²) in [5.41, 5.74) is 6.16. The second-order valence-corrected chi connectivity index (χ2v) is 11.7. The summed E-state index contributed by atoms with van der Waals surface area (Å²) in [7, 11) is 0. The van der Waals surface area contributed by atoms with Crippen molar-refractivity contribution in [2.24, 2.45) is 17.6 Å². The lowest BCUT2D eigenvalue weighted by Crippen LogP contribution is -2.59. The molecule has 0 aliphatic carbocycles. The van der Waals surface area contributed by atoms with Gasteiger partial charge in [-0.15, -0.1) is 0 Å². The fourth-order valence-electron chi connectivity index (χ4n) is 4.95. The lowest BCUT2D eigenvalue weighted by atomic mass is 9.96. The van der Waals surface area contributed by atoms with Crippen molar-refractivity contribution in [1.82, 2.24) is 36.6 Å². The Balaban J connectivity index is 2.18. The van der Waals surface area contributed by atoms with E-state index < -0.39 is 47.9 Å². The minimum Gasteiger partial charge on any atom is -0.480 e. The predicted octanol–water partition coefficient (Wildman–Crippen LogP) is -0.0508. The van der Waals surface area contributed by atoms with Crippen LogP contribution in [0.4, 0.5) is 0 Å². The summed E-state index contributed by atoms with van der Waals surface area (Å²) in [5.74, 6) is -3.34. The Morgan fingerprint density at radius 2 is 1.67 bits per heavy atom. The molecule has 14 heteroatoms. The van der Waals surface area contributed by atoms with Crippen molar-refractivity contribution in [1.29, 1.82) is 0 Å². The first-order valence-corrected chi connectivity index (χ1v) is 15.3. The van der Waals surface area contributed by atoms with E-state index in [0.717, 1.165) is 13.0 Å². The first-order chi connectivity index (χ1) is 20.5. The van der Waals surface area contributed by atoms with Crippen LogP contribution < -0.4 is 32.3 Å². The average molecular weight is 607 g/mol. The number of carbonyl (C=O) groups excluding carboxylic acids is 4. The number of hydrogen-bond donors (Lipinski definition) is 8. The number of carboxylic acid groups (broad SMARTS) is 1. The van der Waals surface area contributed by atoms with Crippen molar-refractivity contribution in [2.75, 3.05) is 13.1 Å². The van der Waals surface area contributed by atoms with Gasteiger partial charge in [0.15, 0.2) is 0 Å². The molecule has 1 fully saturated rings. The molecule has 4 amide bonds. The fourth-order valence-corrected chi connectivity index (χ4v) is 4.95. The Morgan fingerprint density at radius 1 is 1.00 bits per heavy atom. The molecule has 0 aromatic carbocycles. The van der Waals surface area contributed by atoms with Crippen molar-refractivity contribution < 1.29 is 29.1 Å². The van der Waals surface area contributed by atoms with Crippen molar-refractivity contribution >= 4 is 29.6 Å². The number of nitrogens with two attached hydrogens (primary N) is 1. The second kappa shape index (κ2) is 18.2. The molecule has 242 valence electrons. The topological polar surface area (TPSA) is 220 Å². The predicted molar refractivity (Wildman–Crippen MR) is 160 cm³/mol. The van der Waals surface area contributed by atoms with Gasteiger partial charge in [-0.25, -0.2) is 9.78 Å². The van der Waals surface area contributed by atoms with Gasteiger partial charge >= 0.3 is 5.97 Å². The van der Waals surface area contributed by atoms with E-state index in [-0.39, 0.29) is 43.0 Å². The Morgan fingerprint density at radius 3 is 2.23 bits per heavy atom. The molecule has 6 atom stereocenters. The zero-order valence-corrected chi connectivity index (χ0v) is 25.8. The van der Waals surface area contributed by atoms with Crippen LogP contribution in [0.25, 0.3) is 0 Å². The summed E-state index contributed by atoms with van der Waals surface area (Å²) in [6.45, 7) is 8.74. The number of aromatic amines is 1. The number of H-pyrrole nitrogens is 1. The molecule has 1 aliphatic heterocycles. The molecular formula is C29H50N8O6. The highest BCUT2D eigenvalue weighted by Crippen LogP contribution is 2.13. The van der Waals surface area contributed by atoms with Crippen molar-refractivity contribution in [3.8, 4) is 0 Å². The molecule has 43 heavy (non-hydrogen) atoms. The number of carboxylic acids is 1. The zero-order chi connectivity index (χ0) is 31.9. The second-order valence-electron chi connectivity index (χ2n) is 11.7. The lowest BCUT2D eigenvalue weighted by Gasteiger charge is -2.29. The number of amides is 4. The Labute approximate surface area is 253 Å². The van der Waals surface area contributed by atoms with Gasteiger partial charge in [-0.05, 0) is 63.5 Å². The number of aromatic nitrogens is 2. The number of rotatable bonds is 19. The van der Waals surface area contributed by atoms with Gasteiger partial charge in [0.25, 0.3) is 0 Å². The van der Waals surface area contributed by atoms with Gasteiger partial charge in [0.1, 0.15) is 24.2 Å². The number of unbranched alkanes of at least 4 members (excludes halogenated alkanes) is 1. The Kier molecular flexibility index (Phi) is 15.1. The van der Waals surface area contributed by atoms with Gasteiger partial charge in [-0.3, -0.25) is 19.2 Å². The monoisotopic (exact) mass is 606 g/mol. The lowest BCUT2D eigenvalue weighted by molar-refractivity contribution is -0.142. The molecule has 14 nitrogen and oxygen atoms in total. The van der Waals surface area contributed by atoms with E-state index in [0.29, 0.717) is 37.9 Å². The van der Waals surface area contributed by atoms with Crippen LogP contribution >= 0.6 is 0 Å². The van der Waals surface area contributed by atoms with Gasteiger partial charge in [0.05, 0.1) is 12.4 Å². The number of nitrogens with zero attached hydrogens (tertiary/aromatic N) is 1. The van der Waals surface area contributed by atoms with Crippen molar-refractivity contribution in [2.45, 2.75) is 109 Å². The molecule has 2 heterocycles. The molecule has 1 saturated heterocycles. The maximum absolute atomic E-state index is 13.6. The van der Waals surface area contributed by atoms with E-state index in [1.807, 2.05) is 27.7 Å². The third kappa shape index (κ3) is 11.9. The molecule has 2 rings (SSSR count). The summed E-state index contributed by atoms with van der Waals surface area (Å²) in [5, 5.41) is 23.8. The summed E-state index contributed by atoms with van der Waals surface area (Å²) in [4.78, 5) is 71.8. The largest absolute Gasteiger partial charge is 0.480 e. The van der Waals surface area contributed by atoms with Crippen LogP contribution in [0.15, 0.2) is 12.5 Å². The van der Waals surface area contributed by atoms with Crippen LogP contribution in [0.1, 0.15) is 78.3 Å². The van der Waals surface area contributed by atoms with E-state index in [1.165, 1.54) is 12.5 Å². The third-order valence-electron chi connectivity index (χ3n) is 7.68. The van der Waals surface area contributed by atoms with Crippen LogP contribution in [0.5, 0.6) is 0 Å². The van der Waals surface area contributed by atoms with Gasteiger partial charge in [-0.1, -0.05) is 34.1 Å². The molecule has 1 aromatic heterocycles. The molecule has 1 aromatic rings. The van der Waals surface area contributed by atoms with Crippen LogP contribution in [-0.4, -0.2) is 88.0 Å².